The minimum Gasteiger partial charge on any atom is -0.351 e. The second kappa shape index (κ2) is 5.21. The first-order valence-electron chi connectivity index (χ1n) is 6.11. The predicted octanol–water partition coefficient (Wildman–Crippen LogP) is -0.428. The van der Waals surface area contributed by atoms with E-state index in [2.05, 4.69) is 20.9 Å². The lowest BCUT2D eigenvalue weighted by atomic mass is 10.1. The van der Waals surface area contributed by atoms with Crippen LogP contribution < -0.4 is 10.7 Å². The Hall–Kier alpha value is -2.18. The van der Waals surface area contributed by atoms with Crippen LogP contribution in [-0.2, 0) is 23.1 Å². The molecule has 0 aliphatic carbocycles. The summed E-state index contributed by atoms with van der Waals surface area (Å²) in [6.07, 6.45) is 0.767. The molecule has 0 fully saturated rings. The standard InChI is InChI=1S/C12H17N5O2/c1-7-9(8(2)17(3)16-7)4-5-13-12(19)10-6-11(18)15-14-10/h4-6H2,1-3H3,(H,13,19)(H,15,18). The molecule has 0 bridgehead atoms. The van der Waals surface area contributed by atoms with Crippen LogP contribution in [0.25, 0.3) is 0 Å². The Morgan fingerprint density at radius 2 is 2.21 bits per heavy atom. The first-order chi connectivity index (χ1) is 8.99. The highest BCUT2D eigenvalue weighted by Crippen LogP contribution is 2.11. The molecule has 2 N–H and O–H groups in total. The van der Waals surface area contributed by atoms with Gasteiger partial charge in [-0.2, -0.15) is 10.2 Å². The van der Waals surface area contributed by atoms with Crippen LogP contribution in [0.4, 0.5) is 0 Å². The summed E-state index contributed by atoms with van der Waals surface area (Å²) in [4.78, 5) is 22.6. The highest BCUT2D eigenvalue weighted by atomic mass is 16.2. The highest BCUT2D eigenvalue weighted by molar-refractivity contribution is 6.43. The zero-order valence-electron chi connectivity index (χ0n) is 11.3. The molecule has 1 aromatic rings. The van der Waals surface area contributed by atoms with Crippen molar-refractivity contribution >= 4 is 17.5 Å². The van der Waals surface area contributed by atoms with Gasteiger partial charge in [0.1, 0.15) is 5.71 Å². The van der Waals surface area contributed by atoms with E-state index in [9.17, 15) is 9.59 Å². The van der Waals surface area contributed by atoms with E-state index in [-0.39, 0.29) is 23.9 Å². The fraction of sp³-hybridized carbons (Fsp3) is 0.500. The number of aromatic nitrogens is 2. The van der Waals surface area contributed by atoms with E-state index in [1.165, 1.54) is 0 Å². The van der Waals surface area contributed by atoms with Crippen molar-refractivity contribution in [3.8, 4) is 0 Å². The van der Waals surface area contributed by atoms with Crippen LogP contribution in [0.1, 0.15) is 23.4 Å². The van der Waals surface area contributed by atoms with Gasteiger partial charge in [0.05, 0.1) is 12.1 Å². The van der Waals surface area contributed by atoms with Gasteiger partial charge >= 0.3 is 0 Å². The summed E-state index contributed by atoms with van der Waals surface area (Å²) in [5.41, 5.74) is 5.71. The number of aryl methyl sites for hydroxylation is 2. The molecule has 1 aliphatic heterocycles. The summed E-state index contributed by atoms with van der Waals surface area (Å²) in [5, 5.41) is 10.7. The van der Waals surface area contributed by atoms with Gasteiger partial charge in [-0.05, 0) is 25.8 Å². The molecule has 7 nitrogen and oxygen atoms in total. The van der Waals surface area contributed by atoms with E-state index in [0.29, 0.717) is 13.0 Å². The molecule has 0 radical (unpaired) electrons. The van der Waals surface area contributed by atoms with E-state index in [4.69, 9.17) is 0 Å². The molecule has 1 aliphatic rings. The number of carbonyl (C=O) groups is 2. The summed E-state index contributed by atoms with van der Waals surface area (Å²) in [7, 11) is 1.90. The number of nitrogens with zero attached hydrogens (tertiary/aromatic N) is 3. The lowest BCUT2D eigenvalue weighted by Gasteiger charge is -2.04. The summed E-state index contributed by atoms with van der Waals surface area (Å²) in [6, 6.07) is 0. The van der Waals surface area contributed by atoms with Gasteiger partial charge in [-0.15, -0.1) is 0 Å². The number of rotatable bonds is 4. The highest BCUT2D eigenvalue weighted by Gasteiger charge is 2.21. The Bertz CT molecular complexity index is 559. The Balaban J connectivity index is 1.87. The summed E-state index contributed by atoms with van der Waals surface area (Å²) in [5.74, 6) is -0.540. The maximum atomic E-state index is 11.7. The van der Waals surface area contributed by atoms with Gasteiger partial charge in [0, 0.05) is 19.3 Å². The van der Waals surface area contributed by atoms with Crippen molar-refractivity contribution < 1.29 is 9.59 Å². The molecule has 0 atom stereocenters. The molecule has 0 saturated heterocycles. The largest absolute Gasteiger partial charge is 0.351 e. The van der Waals surface area contributed by atoms with Crippen LogP contribution >= 0.6 is 0 Å². The van der Waals surface area contributed by atoms with Gasteiger partial charge in [0.15, 0.2) is 0 Å². The third-order valence-electron chi connectivity index (χ3n) is 3.23. The molecule has 2 heterocycles. The SMILES string of the molecule is Cc1nn(C)c(C)c1CCNC(=O)C1=NNC(=O)C1. The van der Waals surface area contributed by atoms with Crippen molar-refractivity contribution in [2.45, 2.75) is 26.7 Å². The van der Waals surface area contributed by atoms with Gasteiger partial charge in [0.2, 0.25) is 5.91 Å². The molecule has 19 heavy (non-hydrogen) atoms. The summed E-state index contributed by atoms with van der Waals surface area (Å²) < 4.78 is 1.83. The molecular formula is C12H17N5O2. The summed E-state index contributed by atoms with van der Waals surface area (Å²) >= 11 is 0. The van der Waals surface area contributed by atoms with Crippen molar-refractivity contribution in [1.29, 1.82) is 0 Å². The van der Waals surface area contributed by atoms with Crippen LogP contribution in [0.3, 0.4) is 0 Å². The molecule has 0 spiro atoms. The fourth-order valence-electron chi connectivity index (χ4n) is 2.07. The van der Waals surface area contributed by atoms with E-state index < -0.39 is 0 Å². The van der Waals surface area contributed by atoms with Crippen LogP contribution in [-0.4, -0.2) is 33.9 Å². The number of hydrazone groups is 1. The van der Waals surface area contributed by atoms with Crippen LogP contribution in [0.2, 0.25) is 0 Å². The Labute approximate surface area is 111 Å². The molecule has 2 amide bonds. The van der Waals surface area contributed by atoms with Gasteiger partial charge < -0.3 is 5.32 Å². The van der Waals surface area contributed by atoms with Crippen LogP contribution in [0, 0.1) is 13.8 Å². The number of hydrogen-bond acceptors (Lipinski definition) is 4. The van der Waals surface area contributed by atoms with E-state index >= 15 is 0 Å². The van der Waals surface area contributed by atoms with Crippen molar-refractivity contribution in [3.05, 3.63) is 17.0 Å². The number of nitrogens with one attached hydrogen (secondary N) is 2. The quantitative estimate of drug-likeness (QED) is 0.772. The Morgan fingerprint density at radius 1 is 1.47 bits per heavy atom. The molecule has 2 rings (SSSR count). The van der Waals surface area contributed by atoms with E-state index in [1.807, 2.05) is 25.6 Å². The maximum Gasteiger partial charge on any atom is 0.268 e. The fourth-order valence-corrected chi connectivity index (χ4v) is 2.07. The van der Waals surface area contributed by atoms with Crippen molar-refractivity contribution in [2.24, 2.45) is 12.1 Å². The van der Waals surface area contributed by atoms with E-state index in [1.54, 1.807) is 0 Å². The average molecular weight is 263 g/mol. The minimum absolute atomic E-state index is 0.0524. The molecule has 0 aromatic carbocycles. The van der Waals surface area contributed by atoms with Gasteiger partial charge in [0.25, 0.3) is 5.91 Å². The van der Waals surface area contributed by atoms with Crippen molar-refractivity contribution in [3.63, 3.8) is 0 Å². The smallest absolute Gasteiger partial charge is 0.268 e. The van der Waals surface area contributed by atoms with E-state index in [0.717, 1.165) is 17.0 Å². The molecule has 1 aromatic heterocycles. The maximum absolute atomic E-state index is 11.7. The van der Waals surface area contributed by atoms with Gasteiger partial charge in [-0.3, -0.25) is 14.3 Å². The first-order valence-corrected chi connectivity index (χ1v) is 6.11. The van der Waals surface area contributed by atoms with Crippen LogP contribution in [0.15, 0.2) is 5.10 Å². The van der Waals surface area contributed by atoms with Gasteiger partial charge in [-0.25, -0.2) is 5.43 Å². The third-order valence-corrected chi connectivity index (χ3v) is 3.23. The van der Waals surface area contributed by atoms with Crippen LogP contribution in [0.5, 0.6) is 0 Å². The second-order valence-corrected chi connectivity index (χ2v) is 4.55. The first kappa shape index (κ1) is 13.3. The molecular weight excluding hydrogens is 246 g/mol. The normalized spacial score (nSPS) is 14.3. The average Bonchev–Trinajstić information content (AvgIpc) is 2.88. The second-order valence-electron chi connectivity index (χ2n) is 4.55. The van der Waals surface area contributed by atoms with Crippen molar-refractivity contribution in [1.82, 2.24) is 20.5 Å². The Morgan fingerprint density at radius 3 is 2.74 bits per heavy atom. The monoisotopic (exact) mass is 263 g/mol. The molecule has 0 unspecified atom stereocenters. The zero-order chi connectivity index (χ0) is 14.0. The molecule has 7 heteroatoms. The number of carbonyl (C=O) groups excluding carboxylic acids is 2. The Kier molecular flexibility index (Phi) is 3.64. The minimum atomic E-state index is -0.294. The number of amides is 2. The third kappa shape index (κ3) is 2.81. The lowest BCUT2D eigenvalue weighted by Crippen LogP contribution is -2.32. The van der Waals surface area contributed by atoms with Crippen molar-refractivity contribution in [2.75, 3.05) is 6.54 Å². The zero-order valence-corrected chi connectivity index (χ0v) is 11.3. The molecule has 102 valence electrons. The lowest BCUT2D eigenvalue weighted by molar-refractivity contribution is -0.120. The topological polar surface area (TPSA) is 88.4 Å². The molecule has 0 saturated carbocycles. The number of hydrogen-bond donors (Lipinski definition) is 2. The van der Waals surface area contributed by atoms with Gasteiger partial charge in [-0.1, -0.05) is 0 Å². The summed E-state index contributed by atoms with van der Waals surface area (Å²) in [6.45, 7) is 4.45. The predicted molar refractivity (Wildman–Crippen MR) is 69.6 cm³/mol.